The van der Waals surface area contributed by atoms with Crippen molar-refractivity contribution >= 4 is 0 Å². The SMILES string of the molecule is C=C(C)C.CCCCCC(C)C. The van der Waals surface area contributed by atoms with Crippen LogP contribution in [0.1, 0.15) is 60.3 Å². The molecule has 0 aliphatic carbocycles. The van der Waals surface area contributed by atoms with E-state index in [1.165, 1.54) is 31.3 Å². The summed E-state index contributed by atoms with van der Waals surface area (Å²) in [6.45, 7) is 14.3. The molecular formula is C12H26. The number of hydrogen-bond donors (Lipinski definition) is 0. The molecular weight excluding hydrogens is 144 g/mol. The summed E-state index contributed by atoms with van der Waals surface area (Å²) >= 11 is 0. The molecule has 0 nitrogen and oxygen atoms in total. The van der Waals surface area contributed by atoms with E-state index in [9.17, 15) is 0 Å². The predicted molar refractivity (Wildman–Crippen MR) is 59.5 cm³/mol. The van der Waals surface area contributed by atoms with Gasteiger partial charge in [-0.05, 0) is 19.8 Å². The normalized spacial score (nSPS) is 9.17. The summed E-state index contributed by atoms with van der Waals surface area (Å²) in [5.41, 5.74) is 1.17. The second-order valence-electron chi connectivity index (χ2n) is 4.10. The maximum absolute atomic E-state index is 3.56. The van der Waals surface area contributed by atoms with Crippen molar-refractivity contribution in [2.24, 2.45) is 5.92 Å². The molecule has 0 aromatic heterocycles. The van der Waals surface area contributed by atoms with Crippen LogP contribution >= 0.6 is 0 Å². The first kappa shape index (κ1) is 14.3. The van der Waals surface area contributed by atoms with Crippen molar-refractivity contribution in [3.8, 4) is 0 Å². The van der Waals surface area contributed by atoms with Gasteiger partial charge in [0.15, 0.2) is 0 Å². The summed E-state index contributed by atoms with van der Waals surface area (Å²) in [5, 5.41) is 0. The van der Waals surface area contributed by atoms with Gasteiger partial charge in [0.2, 0.25) is 0 Å². The van der Waals surface area contributed by atoms with Gasteiger partial charge in [0.05, 0.1) is 0 Å². The molecule has 0 heterocycles. The van der Waals surface area contributed by atoms with Gasteiger partial charge < -0.3 is 0 Å². The molecule has 0 aromatic carbocycles. The highest BCUT2D eigenvalue weighted by Gasteiger charge is 1.90. The minimum atomic E-state index is 0.904. The van der Waals surface area contributed by atoms with E-state index in [0.29, 0.717) is 0 Å². The zero-order chi connectivity index (χ0) is 9.98. The molecule has 0 saturated heterocycles. The largest absolute Gasteiger partial charge is 0.100 e. The van der Waals surface area contributed by atoms with E-state index in [-0.39, 0.29) is 0 Å². The lowest BCUT2D eigenvalue weighted by Gasteiger charge is -2.00. The van der Waals surface area contributed by atoms with Gasteiger partial charge in [-0.1, -0.05) is 52.0 Å². The first-order valence-electron chi connectivity index (χ1n) is 5.12. The molecule has 0 rings (SSSR count). The zero-order valence-corrected chi connectivity index (χ0v) is 9.61. The maximum Gasteiger partial charge on any atom is -0.0445 e. The van der Waals surface area contributed by atoms with Crippen LogP contribution in [0.3, 0.4) is 0 Å². The van der Waals surface area contributed by atoms with Crippen molar-refractivity contribution in [3.05, 3.63) is 12.2 Å². The van der Waals surface area contributed by atoms with Gasteiger partial charge in [0.25, 0.3) is 0 Å². The van der Waals surface area contributed by atoms with Crippen molar-refractivity contribution < 1.29 is 0 Å². The van der Waals surface area contributed by atoms with Crippen LogP contribution in [0, 0.1) is 5.92 Å². The standard InChI is InChI=1S/C8H18.C4H8/c1-4-5-6-7-8(2)3;1-4(2)3/h8H,4-7H2,1-3H3;1H2,2-3H3. The van der Waals surface area contributed by atoms with E-state index in [1.54, 1.807) is 0 Å². The number of allylic oxidation sites excluding steroid dienone is 1. The van der Waals surface area contributed by atoms with Crippen molar-refractivity contribution in [1.82, 2.24) is 0 Å². The summed E-state index contributed by atoms with van der Waals surface area (Å²) in [5.74, 6) is 0.904. The van der Waals surface area contributed by atoms with Gasteiger partial charge in [-0.2, -0.15) is 0 Å². The number of hydrogen-bond acceptors (Lipinski definition) is 0. The highest BCUT2D eigenvalue weighted by Crippen LogP contribution is 2.06. The fourth-order valence-electron chi connectivity index (χ4n) is 0.803. The van der Waals surface area contributed by atoms with Crippen molar-refractivity contribution in [2.45, 2.75) is 60.3 Å². The van der Waals surface area contributed by atoms with Gasteiger partial charge in [-0.25, -0.2) is 0 Å². The van der Waals surface area contributed by atoms with Gasteiger partial charge in [0, 0.05) is 0 Å². The average molecular weight is 170 g/mol. The number of unbranched alkanes of at least 4 members (excludes halogenated alkanes) is 2. The fourth-order valence-corrected chi connectivity index (χ4v) is 0.803. The number of rotatable bonds is 4. The molecule has 0 fully saturated rings. The summed E-state index contributed by atoms with van der Waals surface area (Å²) in [4.78, 5) is 0. The quantitative estimate of drug-likeness (QED) is 0.420. The molecule has 0 radical (unpaired) electrons. The molecule has 0 aliphatic rings. The van der Waals surface area contributed by atoms with Crippen LogP contribution in [-0.2, 0) is 0 Å². The smallest absolute Gasteiger partial charge is 0.0445 e. The van der Waals surface area contributed by atoms with Crippen LogP contribution < -0.4 is 0 Å². The Kier molecular flexibility index (Phi) is 12.8. The summed E-state index contributed by atoms with van der Waals surface area (Å²) < 4.78 is 0. The first-order valence-corrected chi connectivity index (χ1v) is 5.12. The maximum atomic E-state index is 3.56. The highest BCUT2D eigenvalue weighted by molar-refractivity contribution is 4.78. The highest BCUT2D eigenvalue weighted by atomic mass is 14.0. The summed E-state index contributed by atoms with van der Waals surface area (Å²) in [6, 6.07) is 0. The Morgan fingerprint density at radius 1 is 1.17 bits per heavy atom. The molecule has 0 saturated carbocycles. The Labute approximate surface area is 79.1 Å². The Morgan fingerprint density at radius 2 is 1.58 bits per heavy atom. The molecule has 12 heavy (non-hydrogen) atoms. The second kappa shape index (κ2) is 10.7. The Bertz CT molecular complexity index is 86.2. The molecule has 0 spiro atoms. The third kappa shape index (κ3) is 33.1. The summed E-state index contributed by atoms with van der Waals surface area (Å²) in [7, 11) is 0. The van der Waals surface area contributed by atoms with Crippen LogP contribution in [0.5, 0.6) is 0 Å². The Hall–Kier alpha value is -0.260. The van der Waals surface area contributed by atoms with E-state index >= 15 is 0 Å². The molecule has 0 atom stereocenters. The van der Waals surface area contributed by atoms with Crippen LogP contribution in [0.25, 0.3) is 0 Å². The van der Waals surface area contributed by atoms with Crippen molar-refractivity contribution in [2.75, 3.05) is 0 Å². The van der Waals surface area contributed by atoms with Crippen LogP contribution in [0.15, 0.2) is 12.2 Å². The van der Waals surface area contributed by atoms with Crippen molar-refractivity contribution in [3.63, 3.8) is 0 Å². The lowest BCUT2D eigenvalue weighted by Crippen LogP contribution is -1.85. The minimum Gasteiger partial charge on any atom is -0.100 e. The van der Waals surface area contributed by atoms with Crippen LogP contribution in [0.4, 0.5) is 0 Å². The van der Waals surface area contributed by atoms with E-state index in [4.69, 9.17) is 0 Å². The van der Waals surface area contributed by atoms with Crippen molar-refractivity contribution in [1.29, 1.82) is 0 Å². The van der Waals surface area contributed by atoms with E-state index in [1.807, 2.05) is 13.8 Å². The van der Waals surface area contributed by atoms with E-state index in [0.717, 1.165) is 5.92 Å². The van der Waals surface area contributed by atoms with Crippen LogP contribution in [-0.4, -0.2) is 0 Å². The second-order valence-corrected chi connectivity index (χ2v) is 4.10. The molecule has 74 valence electrons. The van der Waals surface area contributed by atoms with Gasteiger partial charge in [0.1, 0.15) is 0 Å². The Morgan fingerprint density at radius 3 is 1.83 bits per heavy atom. The van der Waals surface area contributed by atoms with E-state index in [2.05, 4.69) is 27.4 Å². The average Bonchev–Trinajstić information content (AvgIpc) is 1.86. The predicted octanol–water partition coefficient (Wildman–Crippen LogP) is 4.81. The molecule has 0 amide bonds. The monoisotopic (exact) mass is 170 g/mol. The minimum absolute atomic E-state index is 0.904. The third-order valence-corrected chi connectivity index (χ3v) is 1.39. The van der Waals surface area contributed by atoms with E-state index < -0.39 is 0 Å². The fraction of sp³-hybridized carbons (Fsp3) is 0.833. The van der Waals surface area contributed by atoms with Gasteiger partial charge in [-0.3, -0.25) is 0 Å². The first-order chi connectivity index (χ1) is 5.50. The molecule has 0 unspecified atom stereocenters. The Balaban J connectivity index is 0. The van der Waals surface area contributed by atoms with Gasteiger partial charge in [-0.15, -0.1) is 6.58 Å². The van der Waals surface area contributed by atoms with Crippen LogP contribution in [0.2, 0.25) is 0 Å². The lowest BCUT2D eigenvalue weighted by molar-refractivity contribution is 0.534. The molecule has 0 aromatic rings. The molecule has 0 heteroatoms. The van der Waals surface area contributed by atoms with Gasteiger partial charge >= 0.3 is 0 Å². The summed E-state index contributed by atoms with van der Waals surface area (Å²) in [6.07, 6.45) is 5.60. The topological polar surface area (TPSA) is 0 Å². The zero-order valence-electron chi connectivity index (χ0n) is 9.61. The molecule has 0 aliphatic heterocycles. The molecule has 0 N–H and O–H groups in total. The third-order valence-electron chi connectivity index (χ3n) is 1.39. The lowest BCUT2D eigenvalue weighted by atomic mass is 10.1. The molecule has 0 bridgehead atoms.